The van der Waals surface area contributed by atoms with Crippen LogP contribution in [-0.4, -0.2) is 23.7 Å². The second-order valence-corrected chi connectivity index (χ2v) is 7.08. The molecule has 0 fully saturated rings. The summed E-state index contributed by atoms with van der Waals surface area (Å²) in [6, 6.07) is 18.9. The molecule has 0 aliphatic carbocycles. The van der Waals surface area contributed by atoms with E-state index in [1.54, 1.807) is 61.5 Å². The van der Waals surface area contributed by atoms with Crippen molar-refractivity contribution in [3.05, 3.63) is 89.1 Å². The van der Waals surface area contributed by atoms with E-state index in [0.29, 0.717) is 40.5 Å². The SMILES string of the molecule is CCOC(=O)c1ccc(OCc2noc3cc(OC(=O)c4ccc(C)cc4)ccc23)cc1. The first kappa shape index (κ1) is 21.1. The average Bonchev–Trinajstić information content (AvgIpc) is 3.21. The Kier molecular flexibility index (Phi) is 6.17. The number of ether oxygens (including phenoxy) is 3. The molecule has 0 unspecified atom stereocenters. The van der Waals surface area contributed by atoms with Crippen LogP contribution in [0.1, 0.15) is 38.9 Å². The molecule has 3 aromatic carbocycles. The zero-order chi connectivity index (χ0) is 22.5. The summed E-state index contributed by atoms with van der Waals surface area (Å²) in [5, 5.41) is 4.81. The molecule has 0 aliphatic heterocycles. The van der Waals surface area contributed by atoms with Crippen molar-refractivity contribution < 1.29 is 28.3 Å². The summed E-state index contributed by atoms with van der Waals surface area (Å²) in [7, 11) is 0. The Morgan fingerprint density at radius 1 is 0.875 bits per heavy atom. The minimum absolute atomic E-state index is 0.175. The Hall–Kier alpha value is -4.13. The van der Waals surface area contributed by atoms with Gasteiger partial charge >= 0.3 is 11.9 Å². The smallest absolute Gasteiger partial charge is 0.343 e. The van der Waals surface area contributed by atoms with Crippen molar-refractivity contribution in [3.8, 4) is 11.5 Å². The molecule has 0 atom stereocenters. The fraction of sp³-hybridized carbons (Fsp3) is 0.160. The molecule has 4 rings (SSSR count). The number of carbonyl (C=O) groups excluding carboxylic acids is 2. The third-order valence-electron chi connectivity index (χ3n) is 4.76. The van der Waals surface area contributed by atoms with Gasteiger partial charge < -0.3 is 18.7 Å². The summed E-state index contributed by atoms with van der Waals surface area (Å²) in [6.45, 7) is 4.21. The molecule has 0 saturated carbocycles. The number of benzene rings is 3. The predicted octanol–water partition coefficient (Wildman–Crippen LogP) is 5.11. The highest BCUT2D eigenvalue weighted by Gasteiger charge is 2.13. The van der Waals surface area contributed by atoms with Gasteiger partial charge in [0.15, 0.2) is 5.58 Å². The van der Waals surface area contributed by atoms with Gasteiger partial charge in [0.05, 0.1) is 17.7 Å². The molecule has 1 heterocycles. The zero-order valence-electron chi connectivity index (χ0n) is 17.7. The zero-order valence-corrected chi connectivity index (χ0v) is 17.7. The maximum absolute atomic E-state index is 12.3. The number of carbonyl (C=O) groups is 2. The summed E-state index contributed by atoms with van der Waals surface area (Å²) < 4.78 is 21.5. The van der Waals surface area contributed by atoms with Gasteiger partial charge in [-0.3, -0.25) is 0 Å². The molecule has 7 heteroatoms. The number of aromatic nitrogens is 1. The molecular weight excluding hydrogens is 410 g/mol. The van der Waals surface area contributed by atoms with Gasteiger partial charge in [-0.15, -0.1) is 0 Å². The monoisotopic (exact) mass is 431 g/mol. The summed E-state index contributed by atoms with van der Waals surface area (Å²) >= 11 is 0. The largest absolute Gasteiger partial charge is 0.487 e. The van der Waals surface area contributed by atoms with Gasteiger partial charge in [0, 0.05) is 11.5 Å². The molecule has 0 amide bonds. The number of hydrogen-bond donors (Lipinski definition) is 0. The van der Waals surface area contributed by atoms with Crippen molar-refractivity contribution in [2.75, 3.05) is 6.61 Å². The van der Waals surface area contributed by atoms with Gasteiger partial charge in [-0.1, -0.05) is 22.9 Å². The van der Waals surface area contributed by atoms with E-state index in [0.717, 1.165) is 10.9 Å². The molecule has 0 spiro atoms. The van der Waals surface area contributed by atoms with Crippen LogP contribution in [0.25, 0.3) is 11.0 Å². The Balaban J connectivity index is 1.41. The first-order valence-electron chi connectivity index (χ1n) is 10.1. The predicted molar refractivity (Wildman–Crippen MR) is 117 cm³/mol. The van der Waals surface area contributed by atoms with Crippen LogP contribution in [-0.2, 0) is 11.3 Å². The third-order valence-corrected chi connectivity index (χ3v) is 4.76. The van der Waals surface area contributed by atoms with E-state index >= 15 is 0 Å². The van der Waals surface area contributed by atoms with Crippen LogP contribution in [0, 0.1) is 6.92 Å². The lowest BCUT2D eigenvalue weighted by molar-refractivity contribution is 0.0526. The lowest BCUT2D eigenvalue weighted by Crippen LogP contribution is -2.08. The van der Waals surface area contributed by atoms with Crippen molar-refractivity contribution in [2.24, 2.45) is 0 Å². The lowest BCUT2D eigenvalue weighted by Gasteiger charge is -2.06. The molecule has 0 N–H and O–H groups in total. The Morgan fingerprint density at radius 2 is 1.53 bits per heavy atom. The van der Waals surface area contributed by atoms with Gasteiger partial charge in [0.25, 0.3) is 0 Å². The van der Waals surface area contributed by atoms with Crippen LogP contribution >= 0.6 is 0 Å². The van der Waals surface area contributed by atoms with Gasteiger partial charge in [-0.05, 0) is 62.4 Å². The van der Waals surface area contributed by atoms with Crippen molar-refractivity contribution in [2.45, 2.75) is 20.5 Å². The number of fused-ring (bicyclic) bond motifs is 1. The molecular formula is C25H21NO6. The summed E-state index contributed by atoms with van der Waals surface area (Å²) in [6.07, 6.45) is 0. The third kappa shape index (κ3) is 4.78. The highest BCUT2D eigenvalue weighted by molar-refractivity contribution is 5.92. The molecule has 4 aromatic rings. The molecule has 7 nitrogen and oxygen atoms in total. The van der Waals surface area contributed by atoms with Crippen molar-refractivity contribution in [1.29, 1.82) is 0 Å². The maximum Gasteiger partial charge on any atom is 0.343 e. The fourth-order valence-corrected chi connectivity index (χ4v) is 3.05. The quantitative estimate of drug-likeness (QED) is 0.297. The molecule has 0 bridgehead atoms. The Labute approximate surface area is 184 Å². The van der Waals surface area contributed by atoms with Crippen LogP contribution in [0.3, 0.4) is 0 Å². The van der Waals surface area contributed by atoms with Crippen LogP contribution in [0.4, 0.5) is 0 Å². The van der Waals surface area contributed by atoms with E-state index in [4.69, 9.17) is 18.7 Å². The number of rotatable bonds is 7. The first-order chi connectivity index (χ1) is 15.5. The van der Waals surface area contributed by atoms with Crippen molar-refractivity contribution in [1.82, 2.24) is 5.16 Å². The average molecular weight is 431 g/mol. The van der Waals surface area contributed by atoms with Crippen LogP contribution in [0.15, 0.2) is 71.3 Å². The minimum Gasteiger partial charge on any atom is -0.487 e. The van der Waals surface area contributed by atoms with Crippen molar-refractivity contribution >= 4 is 22.9 Å². The fourth-order valence-electron chi connectivity index (χ4n) is 3.05. The normalized spacial score (nSPS) is 10.7. The van der Waals surface area contributed by atoms with E-state index in [2.05, 4.69) is 5.16 Å². The standard InChI is InChI=1S/C25H21NO6/c1-3-29-24(27)17-8-10-19(11-9-17)30-15-22-21-13-12-20(14-23(21)32-26-22)31-25(28)18-6-4-16(2)5-7-18/h4-14H,3,15H2,1-2H3. The van der Waals surface area contributed by atoms with Crippen LogP contribution in [0.5, 0.6) is 11.5 Å². The molecule has 0 aliphatic rings. The summed E-state index contributed by atoms with van der Waals surface area (Å²) in [4.78, 5) is 24.0. The first-order valence-corrected chi connectivity index (χ1v) is 10.1. The molecule has 0 radical (unpaired) electrons. The van der Waals surface area contributed by atoms with E-state index in [-0.39, 0.29) is 12.6 Å². The number of esters is 2. The molecule has 162 valence electrons. The van der Waals surface area contributed by atoms with E-state index < -0.39 is 5.97 Å². The maximum atomic E-state index is 12.3. The Morgan fingerprint density at radius 3 is 2.25 bits per heavy atom. The molecule has 0 saturated heterocycles. The van der Waals surface area contributed by atoms with Gasteiger partial charge in [0.1, 0.15) is 23.8 Å². The second kappa shape index (κ2) is 9.34. The second-order valence-electron chi connectivity index (χ2n) is 7.08. The van der Waals surface area contributed by atoms with Crippen molar-refractivity contribution in [3.63, 3.8) is 0 Å². The Bertz CT molecular complexity index is 1240. The highest BCUT2D eigenvalue weighted by atomic mass is 16.5. The summed E-state index contributed by atoms with van der Waals surface area (Å²) in [5.41, 5.74) is 3.07. The molecule has 32 heavy (non-hydrogen) atoms. The topological polar surface area (TPSA) is 87.9 Å². The highest BCUT2D eigenvalue weighted by Crippen LogP contribution is 2.25. The van der Waals surface area contributed by atoms with Crippen LogP contribution < -0.4 is 9.47 Å². The van der Waals surface area contributed by atoms with E-state index in [1.807, 2.05) is 19.1 Å². The van der Waals surface area contributed by atoms with E-state index in [9.17, 15) is 9.59 Å². The van der Waals surface area contributed by atoms with Gasteiger partial charge in [0.2, 0.25) is 0 Å². The molecule has 1 aromatic heterocycles. The van der Waals surface area contributed by atoms with E-state index in [1.165, 1.54) is 0 Å². The lowest BCUT2D eigenvalue weighted by atomic mass is 10.1. The van der Waals surface area contributed by atoms with Gasteiger partial charge in [-0.25, -0.2) is 9.59 Å². The van der Waals surface area contributed by atoms with Gasteiger partial charge in [-0.2, -0.15) is 0 Å². The number of aryl methyl sites for hydroxylation is 1. The number of hydrogen-bond acceptors (Lipinski definition) is 7. The minimum atomic E-state index is -0.446. The van der Waals surface area contributed by atoms with Crippen LogP contribution in [0.2, 0.25) is 0 Å². The summed E-state index contributed by atoms with van der Waals surface area (Å²) in [5.74, 6) is 0.123. The number of nitrogens with zero attached hydrogens (tertiary/aromatic N) is 1.